The van der Waals surface area contributed by atoms with E-state index in [1.54, 1.807) is 0 Å². The van der Waals surface area contributed by atoms with Gasteiger partial charge in [0.2, 0.25) is 0 Å². The third-order valence-electron chi connectivity index (χ3n) is 3.40. The highest BCUT2D eigenvalue weighted by Gasteiger charge is 2.20. The summed E-state index contributed by atoms with van der Waals surface area (Å²) in [7, 11) is 0. The van der Waals surface area contributed by atoms with Crippen LogP contribution in [0.1, 0.15) is 33.6 Å². The summed E-state index contributed by atoms with van der Waals surface area (Å²) >= 11 is 5.10. The molecular formula is C15H24N2S. The summed E-state index contributed by atoms with van der Waals surface area (Å²) < 4.78 is 0. The Balaban J connectivity index is 2.49. The van der Waals surface area contributed by atoms with Crippen molar-refractivity contribution in [2.75, 3.05) is 18.0 Å². The molecule has 18 heavy (non-hydrogen) atoms. The fourth-order valence-electron chi connectivity index (χ4n) is 1.94. The van der Waals surface area contributed by atoms with Gasteiger partial charge in [-0.1, -0.05) is 44.3 Å². The molecule has 3 heteroatoms. The molecule has 0 heterocycles. The van der Waals surface area contributed by atoms with Gasteiger partial charge in [-0.2, -0.15) is 0 Å². The van der Waals surface area contributed by atoms with Crippen LogP contribution in [0.3, 0.4) is 0 Å². The van der Waals surface area contributed by atoms with E-state index in [9.17, 15) is 0 Å². The van der Waals surface area contributed by atoms with Gasteiger partial charge in [-0.05, 0) is 31.9 Å². The van der Waals surface area contributed by atoms with Crippen molar-refractivity contribution in [3.63, 3.8) is 0 Å². The fraction of sp³-hybridized carbons (Fsp3) is 0.533. The summed E-state index contributed by atoms with van der Waals surface area (Å²) in [6.07, 6.45) is 2.14. The second-order valence-electron chi connectivity index (χ2n) is 5.27. The number of hydrogen-bond acceptors (Lipinski definition) is 2. The highest BCUT2D eigenvalue weighted by molar-refractivity contribution is 7.80. The lowest BCUT2D eigenvalue weighted by molar-refractivity contribution is 0.459. The molecule has 0 amide bonds. The lowest BCUT2D eigenvalue weighted by atomic mass is 9.88. The van der Waals surface area contributed by atoms with Crippen molar-refractivity contribution in [1.82, 2.24) is 0 Å². The first-order valence-electron chi connectivity index (χ1n) is 6.57. The smallest absolute Gasteiger partial charge is 0.0784 e. The molecule has 0 aliphatic heterocycles. The molecule has 0 saturated heterocycles. The normalized spacial score (nSPS) is 11.3. The molecule has 1 aromatic carbocycles. The maximum Gasteiger partial charge on any atom is 0.0784 e. The highest BCUT2D eigenvalue weighted by Crippen LogP contribution is 2.23. The zero-order valence-corrected chi connectivity index (χ0v) is 12.5. The van der Waals surface area contributed by atoms with E-state index in [4.69, 9.17) is 18.0 Å². The Hall–Kier alpha value is -1.09. The average molecular weight is 264 g/mol. The SMILES string of the molecule is CCN(CCCC(C)(C)C(N)=S)c1ccccc1. The quantitative estimate of drug-likeness (QED) is 0.763. The van der Waals surface area contributed by atoms with Gasteiger partial charge >= 0.3 is 0 Å². The monoisotopic (exact) mass is 264 g/mol. The van der Waals surface area contributed by atoms with E-state index in [0.717, 1.165) is 25.9 Å². The van der Waals surface area contributed by atoms with Crippen LogP contribution in [-0.4, -0.2) is 18.1 Å². The highest BCUT2D eigenvalue weighted by atomic mass is 32.1. The zero-order chi connectivity index (χ0) is 13.6. The summed E-state index contributed by atoms with van der Waals surface area (Å²) in [6.45, 7) is 8.50. The van der Waals surface area contributed by atoms with Crippen LogP contribution in [0.2, 0.25) is 0 Å². The third kappa shape index (κ3) is 4.30. The molecular weight excluding hydrogens is 240 g/mol. The molecule has 0 saturated carbocycles. The molecule has 1 rings (SSSR count). The lowest BCUT2D eigenvalue weighted by Gasteiger charge is -2.27. The van der Waals surface area contributed by atoms with Gasteiger partial charge in [0.05, 0.1) is 4.99 Å². The van der Waals surface area contributed by atoms with Crippen molar-refractivity contribution in [3.8, 4) is 0 Å². The standard InChI is InChI=1S/C15H24N2S/c1-4-17(13-9-6-5-7-10-13)12-8-11-15(2,3)14(16)18/h5-7,9-10H,4,8,11-12H2,1-3H3,(H2,16,18). The van der Waals surface area contributed by atoms with Crippen LogP contribution in [0.25, 0.3) is 0 Å². The number of thiocarbonyl (C=S) groups is 1. The number of nitrogens with zero attached hydrogens (tertiary/aromatic N) is 1. The van der Waals surface area contributed by atoms with Crippen LogP contribution in [0.4, 0.5) is 5.69 Å². The number of hydrogen-bond donors (Lipinski definition) is 1. The Labute approximate surface area is 116 Å². The second-order valence-corrected chi connectivity index (χ2v) is 5.71. The first-order chi connectivity index (χ1) is 8.47. The largest absolute Gasteiger partial charge is 0.393 e. The zero-order valence-electron chi connectivity index (χ0n) is 11.6. The Kier molecular flexibility index (Phi) is 5.60. The molecule has 0 fully saturated rings. The molecule has 0 bridgehead atoms. The minimum atomic E-state index is -0.0363. The molecule has 0 aliphatic rings. The van der Waals surface area contributed by atoms with E-state index in [2.05, 4.69) is 49.9 Å². The van der Waals surface area contributed by atoms with Gasteiger partial charge in [0.25, 0.3) is 0 Å². The molecule has 0 radical (unpaired) electrons. The van der Waals surface area contributed by atoms with E-state index < -0.39 is 0 Å². The molecule has 0 unspecified atom stereocenters. The van der Waals surface area contributed by atoms with Crippen LogP contribution in [0, 0.1) is 5.41 Å². The minimum Gasteiger partial charge on any atom is -0.393 e. The summed E-state index contributed by atoms with van der Waals surface area (Å²) in [4.78, 5) is 3.00. The lowest BCUT2D eigenvalue weighted by Crippen LogP contribution is -2.31. The minimum absolute atomic E-state index is 0.0363. The van der Waals surface area contributed by atoms with Crippen LogP contribution >= 0.6 is 12.2 Å². The van der Waals surface area contributed by atoms with Crippen molar-refractivity contribution < 1.29 is 0 Å². The first-order valence-corrected chi connectivity index (χ1v) is 6.98. The van der Waals surface area contributed by atoms with E-state index in [1.165, 1.54) is 5.69 Å². The summed E-state index contributed by atoms with van der Waals surface area (Å²) in [6, 6.07) is 10.5. The van der Waals surface area contributed by atoms with Gasteiger partial charge in [-0.25, -0.2) is 0 Å². The van der Waals surface area contributed by atoms with Gasteiger partial charge in [0, 0.05) is 24.2 Å². The molecule has 2 nitrogen and oxygen atoms in total. The van der Waals surface area contributed by atoms with Gasteiger partial charge in [-0.15, -0.1) is 0 Å². The van der Waals surface area contributed by atoms with Crippen molar-refractivity contribution >= 4 is 22.9 Å². The van der Waals surface area contributed by atoms with Crippen LogP contribution in [0.15, 0.2) is 30.3 Å². The number of anilines is 1. The van der Waals surface area contributed by atoms with Crippen molar-refractivity contribution in [3.05, 3.63) is 30.3 Å². The Morgan fingerprint density at radius 1 is 1.28 bits per heavy atom. The van der Waals surface area contributed by atoms with Crippen molar-refractivity contribution in [2.45, 2.75) is 33.6 Å². The van der Waals surface area contributed by atoms with Gasteiger partial charge in [0.15, 0.2) is 0 Å². The van der Waals surface area contributed by atoms with Gasteiger partial charge in [0.1, 0.15) is 0 Å². The molecule has 0 aromatic heterocycles. The van der Waals surface area contributed by atoms with E-state index in [0.29, 0.717) is 4.99 Å². The number of benzene rings is 1. The number of para-hydroxylation sites is 1. The van der Waals surface area contributed by atoms with Gasteiger partial charge < -0.3 is 10.6 Å². The van der Waals surface area contributed by atoms with E-state index >= 15 is 0 Å². The van der Waals surface area contributed by atoms with Gasteiger partial charge in [-0.3, -0.25) is 0 Å². The van der Waals surface area contributed by atoms with Crippen LogP contribution in [0.5, 0.6) is 0 Å². The average Bonchev–Trinajstić information content (AvgIpc) is 2.35. The number of nitrogens with two attached hydrogens (primary N) is 1. The summed E-state index contributed by atoms with van der Waals surface area (Å²) in [5.41, 5.74) is 7.00. The molecule has 0 aliphatic carbocycles. The van der Waals surface area contributed by atoms with E-state index in [1.807, 2.05) is 6.07 Å². The maximum atomic E-state index is 5.75. The third-order valence-corrected chi connectivity index (χ3v) is 3.95. The Morgan fingerprint density at radius 2 is 1.89 bits per heavy atom. The first kappa shape index (κ1) is 15.0. The second kappa shape index (κ2) is 6.74. The predicted molar refractivity (Wildman–Crippen MR) is 84.1 cm³/mol. The molecule has 0 atom stereocenters. The number of rotatable bonds is 7. The Morgan fingerprint density at radius 3 is 2.39 bits per heavy atom. The summed E-state index contributed by atoms with van der Waals surface area (Å²) in [5.74, 6) is 0. The predicted octanol–water partition coefficient (Wildman–Crippen LogP) is 3.61. The van der Waals surface area contributed by atoms with Crippen molar-refractivity contribution in [1.29, 1.82) is 0 Å². The molecule has 1 aromatic rings. The maximum absolute atomic E-state index is 5.75. The van der Waals surface area contributed by atoms with E-state index in [-0.39, 0.29) is 5.41 Å². The van der Waals surface area contributed by atoms with Crippen LogP contribution in [-0.2, 0) is 0 Å². The molecule has 2 N–H and O–H groups in total. The molecule has 0 spiro atoms. The van der Waals surface area contributed by atoms with Crippen molar-refractivity contribution in [2.24, 2.45) is 11.1 Å². The fourth-order valence-corrected chi connectivity index (χ4v) is 2.05. The summed E-state index contributed by atoms with van der Waals surface area (Å²) in [5, 5.41) is 0. The molecule has 100 valence electrons. The van der Waals surface area contributed by atoms with Crippen LogP contribution < -0.4 is 10.6 Å². The Bertz CT molecular complexity index is 373. The topological polar surface area (TPSA) is 29.3 Å².